The molecule has 150 valence electrons. The number of aromatic nitrogens is 2. The van der Waals surface area contributed by atoms with Crippen LogP contribution in [0.2, 0.25) is 0 Å². The Morgan fingerprint density at radius 3 is 2.83 bits per heavy atom. The van der Waals surface area contributed by atoms with Crippen LogP contribution >= 0.6 is 0 Å². The van der Waals surface area contributed by atoms with E-state index < -0.39 is 5.82 Å². The maximum atomic E-state index is 14.4. The highest BCUT2D eigenvalue weighted by Crippen LogP contribution is 2.23. The third-order valence-electron chi connectivity index (χ3n) is 5.34. The molecule has 2 heterocycles. The topological polar surface area (TPSA) is 58.1 Å². The number of benzene rings is 2. The molecule has 5 nitrogen and oxygen atoms in total. The predicted octanol–water partition coefficient (Wildman–Crippen LogP) is 3.43. The molecular formula is C23H25FN4O. The second-order valence-corrected chi connectivity index (χ2v) is 8.01. The molecule has 2 aromatic carbocycles. The molecule has 1 aliphatic heterocycles. The number of nitrogens with zero attached hydrogens (tertiary/aromatic N) is 3. The predicted molar refractivity (Wildman–Crippen MR) is 111 cm³/mol. The summed E-state index contributed by atoms with van der Waals surface area (Å²) >= 11 is 0. The van der Waals surface area contributed by atoms with Gasteiger partial charge in [0.15, 0.2) is 0 Å². The average molecular weight is 392 g/mol. The summed E-state index contributed by atoms with van der Waals surface area (Å²) in [4.78, 5) is 14.5. The number of rotatable bonds is 6. The van der Waals surface area contributed by atoms with Gasteiger partial charge in [-0.1, -0.05) is 44.2 Å². The number of hydrogen-bond donors (Lipinski definition) is 1. The minimum atomic E-state index is -0.480. The Hall–Kier alpha value is -2.86. The van der Waals surface area contributed by atoms with Gasteiger partial charge in [-0.3, -0.25) is 4.79 Å². The fraction of sp³-hybridized carbons (Fsp3) is 0.348. The van der Waals surface area contributed by atoms with E-state index in [0.717, 1.165) is 28.6 Å². The maximum Gasteiger partial charge on any atom is 0.256 e. The smallest absolute Gasteiger partial charge is 0.256 e. The minimum Gasteiger partial charge on any atom is -0.338 e. The molecule has 29 heavy (non-hydrogen) atoms. The Morgan fingerprint density at radius 1 is 1.24 bits per heavy atom. The molecule has 0 saturated carbocycles. The van der Waals surface area contributed by atoms with Gasteiger partial charge in [0.25, 0.3) is 5.91 Å². The number of halogens is 1. The zero-order chi connectivity index (χ0) is 20.4. The molecule has 1 aliphatic rings. The first-order valence-electron chi connectivity index (χ1n) is 10.0. The van der Waals surface area contributed by atoms with E-state index in [2.05, 4.69) is 29.4 Å². The number of carbonyl (C=O) groups excluding carboxylic acids is 1. The number of likely N-dealkylation sites (tertiary alicyclic amines) is 1. The number of carbonyl (C=O) groups is 1. The molecular weight excluding hydrogens is 367 g/mol. The molecule has 1 fully saturated rings. The van der Waals surface area contributed by atoms with Gasteiger partial charge in [-0.2, -0.15) is 10.2 Å². The maximum absolute atomic E-state index is 14.4. The molecule has 1 saturated heterocycles. The normalized spacial score (nSPS) is 14.4. The van der Waals surface area contributed by atoms with Gasteiger partial charge in [0.05, 0.1) is 17.5 Å². The van der Waals surface area contributed by atoms with E-state index in [1.807, 2.05) is 24.3 Å². The van der Waals surface area contributed by atoms with Crippen molar-refractivity contribution in [3.05, 3.63) is 71.3 Å². The van der Waals surface area contributed by atoms with E-state index in [9.17, 15) is 9.18 Å². The van der Waals surface area contributed by atoms with Crippen molar-refractivity contribution in [2.75, 3.05) is 19.6 Å². The Labute approximate surface area is 169 Å². The van der Waals surface area contributed by atoms with Crippen molar-refractivity contribution in [2.24, 2.45) is 5.92 Å². The van der Waals surface area contributed by atoms with Crippen LogP contribution in [-0.2, 0) is 6.42 Å². The first-order chi connectivity index (χ1) is 14.0. The van der Waals surface area contributed by atoms with Gasteiger partial charge in [-0.05, 0) is 17.7 Å². The molecule has 0 atom stereocenters. The summed E-state index contributed by atoms with van der Waals surface area (Å²) < 4.78 is 14.4. The van der Waals surface area contributed by atoms with Crippen LogP contribution in [-0.4, -0.2) is 46.7 Å². The number of hydrogen-bond acceptors (Lipinski definition) is 4. The summed E-state index contributed by atoms with van der Waals surface area (Å²) in [5.74, 6) is -0.292. The Bertz CT molecular complexity index is 1030. The third-order valence-corrected chi connectivity index (χ3v) is 5.34. The molecule has 6 heteroatoms. The van der Waals surface area contributed by atoms with Crippen LogP contribution < -0.4 is 5.32 Å². The van der Waals surface area contributed by atoms with Crippen molar-refractivity contribution in [1.29, 1.82) is 0 Å². The van der Waals surface area contributed by atoms with E-state index in [4.69, 9.17) is 0 Å². The van der Waals surface area contributed by atoms with Crippen molar-refractivity contribution in [3.8, 4) is 0 Å². The van der Waals surface area contributed by atoms with E-state index in [0.29, 0.717) is 31.5 Å². The fourth-order valence-corrected chi connectivity index (χ4v) is 3.69. The van der Waals surface area contributed by atoms with Crippen LogP contribution in [0.5, 0.6) is 0 Å². The second kappa shape index (κ2) is 8.25. The number of fused-ring (bicyclic) bond motifs is 1. The molecule has 0 spiro atoms. The van der Waals surface area contributed by atoms with Crippen LogP contribution in [0, 0.1) is 11.7 Å². The van der Waals surface area contributed by atoms with Gasteiger partial charge in [-0.25, -0.2) is 4.39 Å². The Kier molecular flexibility index (Phi) is 5.53. The summed E-state index contributed by atoms with van der Waals surface area (Å²) in [5.41, 5.74) is 1.79. The zero-order valence-electron chi connectivity index (χ0n) is 16.7. The summed E-state index contributed by atoms with van der Waals surface area (Å²) in [6.45, 7) is 6.41. The molecule has 0 bridgehead atoms. The monoisotopic (exact) mass is 392 g/mol. The Balaban J connectivity index is 1.49. The van der Waals surface area contributed by atoms with Crippen molar-refractivity contribution in [3.63, 3.8) is 0 Å². The van der Waals surface area contributed by atoms with Crippen LogP contribution in [0.25, 0.3) is 10.8 Å². The van der Waals surface area contributed by atoms with Gasteiger partial charge in [0.1, 0.15) is 5.82 Å². The average Bonchev–Trinajstić information content (AvgIpc) is 2.68. The molecule has 1 aromatic heterocycles. The van der Waals surface area contributed by atoms with Gasteiger partial charge in [0.2, 0.25) is 0 Å². The summed E-state index contributed by atoms with van der Waals surface area (Å²) in [5, 5.41) is 13.7. The SMILES string of the molecule is CC(C)NCC1CN(C(=O)c2cc(Cc3nncc4ccccc34)ccc2F)C1. The third kappa shape index (κ3) is 4.27. The lowest BCUT2D eigenvalue weighted by molar-refractivity contribution is 0.0493. The fourth-order valence-electron chi connectivity index (χ4n) is 3.69. The van der Waals surface area contributed by atoms with Crippen LogP contribution in [0.1, 0.15) is 35.5 Å². The van der Waals surface area contributed by atoms with E-state index in [1.165, 1.54) is 6.07 Å². The van der Waals surface area contributed by atoms with Gasteiger partial charge >= 0.3 is 0 Å². The van der Waals surface area contributed by atoms with Gasteiger partial charge < -0.3 is 10.2 Å². The van der Waals surface area contributed by atoms with Gasteiger partial charge in [-0.15, -0.1) is 0 Å². The second-order valence-electron chi connectivity index (χ2n) is 8.01. The first kappa shape index (κ1) is 19.5. The van der Waals surface area contributed by atoms with Crippen molar-refractivity contribution < 1.29 is 9.18 Å². The molecule has 0 unspecified atom stereocenters. The number of nitrogens with one attached hydrogen (secondary N) is 1. The van der Waals surface area contributed by atoms with E-state index >= 15 is 0 Å². The van der Waals surface area contributed by atoms with E-state index in [-0.39, 0.29) is 11.5 Å². The quantitative estimate of drug-likeness (QED) is 0.698. The number of amides is 1. The van der Waals surface area contributed by atoms with Crippen LogP contribution in [0.4, 0.5) is 4.39 Å². The largest absolute Gasteiger partial charge is 0.338 e. The lowest BCUT2D eigenvalue weighted by Crippen LogP contribution is -2.54. The molecule has 0 radical (unpaired) electrons. The van der Waals surface area contributed by atoms with Crippen molar-refractivity contribution in [2.45, 2.75) is 26.3 Å². The van der Waals surface area contributed by atoms with Crippen molar-refractivity contribution >= 4 is 16.7 Å². The standard InChI is InChI=1S/C23H25FN4O/c1-15(2)25-11-17-13-28(14-17)23(29)20-9-16(7-8-21(20)24)10-22-19-6-4-3-5-18(19)12-26-27-22/h3-9,12,15,17,25H,10-11,13-14H2,1-2H3. The molecule has 1 N–H and O–H groups in total. The van der Waals surface area contributed by atoms with Crippen LogP contribution in [0.3, 0.4) is 0 Å². The van der Waals surface area contributed by atoms with Gasteiger partial charge in [0, 0.05) is 48.8 Å². The summed E-state index contributed by atoms with van der Waals surface area (Å²) in [6, 6.07) is 13.1. The minimum absolute atomic E-state index is 0.131. The molecule has 1 amide bonds. The highest BCUT2D eigenvalue weighted by atomic mass is 19.1. The lowest BCUT2D eigenvalue weighted by Gasteiger charge is -2.40. The van der Waals surface area contributed by atoms with E-state index in [1.54, 1.807) is 23.2 Å². The molecule has 3 aromatic rings. The zero-order valence-corrected chi connectivity index (χ0v) is 16.7. The summed E-state index contributed by atoms with van der Waals surface area (Å²) in [7, 11) is 0. The van der Waals surface area contributed by atoms with Crippen LogP contribution in [0.15, 0.2) is 48.7 Å². The van der Waals surface area contributed by atoms with Crippen molar-refractivity contribution in [1.82, 2.24) is 20.4 Å². The first-order valence-corrected chi connectivity index (χ1v) is 10.0. The highest BCUT2D eigenvalue weighted by Gasteiger charge is 2.32. The molecule has 4 rings (SSSR count). The lowest BCUT2D eigenvalue weighted by atomic mass is 9.97. The highest BCUT2D eigenvalue weighted by molar-refractivity contribution is 5.95. The molecule has 0 aliphatic carbocycles. The summed E-state index contributed by atoms with van der Waals surface area (Å²) in [6.07, 6.45) is 2.22. The Morgan fingerprint density at radius 2 is 2.03 bits per heavy atom.